The summed E-state index contributed by atoms with van der Waals surface area (Å²) < 4.78 is 7.99. The fourth-order valence-corrected chi connectivity index (χ4v) is 3.63. The highest BCUT2D eigenvalue weighted by Crippen LogP contribution is 2.22. The Morgan fingerprint density at radius 1 is 1.03 bits per heavy atom. The van der Waals surface area contributed by atoms with Crippen LogP contribution >= 0.6 is 0 Å². The Morgan fingerprint density at radius 2 is 1.83 bits per heavy atom. The van der Waals surface area contributed by atoms with E-state index in [1.54, 1.807) is 30.9 Å². The smallest absolute Gasteiger partial charge is 0.258 e. The molecule has 5 rings (SSSR count). The maximum Gasteiger partial charge on any atom is 0.258 e. The Balaban J connectivity index is 1.36. The van der Waals surface area contributed by atoms with Crippen molar-refractivity contribution in [2.24, 2.45) is 0 Å². The van der Waals surface area contributed by atoms with Gasteiger partial charge < -0.3 is 14.0 Å². The lowest BCUT2D eigenvalue weighted by Crippen LogP contribution is -2.44. The predicted molar refractivity (Wildman–Crippen MR) is 104 cm³/mol. The molecule has 1 atom stereocenters. The van der Waals surface area contributed by atoms with Crippen LogP contribution in [0.5, 0.6) is 5.88 Å². The third kappa shape index (κ3) is 3.31. The molecule has 1 aliphatic heterocycles. The molecule has 0 saturated carbocycles. The van der Waals surface area contributed by atoms with Crippen molar-refractivity contribution in [3.8, 4) is 11.6 Å². The normalized spacial score (nSPS) is 16.8. The van der Waals surface area contributed by atoms with Gasteiger partial charge >= 0.3 is 0 Å². The van der Waals surface area contributed by atoms with E-state index in [1.807, 2.05) is 39.9 Å². The second-order valence-electron chi connectivity index (χ2n) is 6.86. The molecule has 9 nitrogen and oxygen atoms in total. The minimum absolute atomic E-state index is 0.0572. The number of fused-ring (bicyclic) bond motifs is 1. The van der Waals surface area contributed by atoms with Crippen molar-refractivity contribution < 1.29 is 9.53 Å². The average molecular weight is 389 g/mol. The van der Waals surface area contributed by atoms with Crippen LogP contribution in [-0.2, 0) is 0 Å². The van der Waals surface area contributed by atoms with Gasteiger partial charge in [0, 0.05) is 31.3 Å². The zero-order valence-corrected chi connectivity index (χ0v) is 15.6. The van der Waals surface area contributed by atoms with Gasteiger partial charge in [0.2, 0.25) is 0 Å². The molecule has 4 aromatic rings. The van der Waals surface area contributed by atoms with E-state index in [0.29, 0.717) is 35.9 Å². The van der Waals surface area contributed by atoms with Gasteiger partial charge in [-0.05, 0) is 25.0 Å². The Morgan fingerprint density at radius 3 is 2.69 bits per heavy atom. The largest absolute Gasteiger partial charge is 0.470 e. The molecule has 0 spiro atoms. The second kappa shape index (κ2) is 7.34. The third-order valence-corrected chi connectivity index (χ3v) is 4.99. The van der Waals surface area contributed by atoms with Gasteiger partial charge in [0.05, 0.1) is 30.2 Å². The zero-order valence-electron chi connectivity index (χ0n) is 15.6. The summed E-state index contributed by atoms with van der Waals surface area (Å²) in [7, 11) is 0. The summed E-state index contributed by atoms with van der Waals surface area (Å²) in [5.41, 5.74) is 1.90. The zero-order chi connectivity index (χ0) is 19.6. The maximum absolute atomic E-state index is 13.3. The number of hydrogen-bond donors (Lipinski definition) is 0. The van der Waals surface area contributed by atoms with Gasteiger partial charge in [0.1, 0.15) is 6.10 Å². The minimum atomic E-state index is -0.141. The highest BCUT2D eigenvalue weighted by atomic mass is 16.5. The molecule has 1 unspecified atom stereocenters. The van der Waals surface area contributed by atoms with Gasteiger partial charge in [-0.1, -0.05) is 12.1 Å². The topological polar surface area (TPSA) is 90.4 Å². The van der Waals surface area contributed by atoms with E-state index in [4.69, 9.17) is 4.74 Å². The molecular weight excluding hydrogens is 370 g/mol. The molecule has 1 aliphatic rings. The molecule has 0 bridgehead atoms. The van der Waals surface area contributed by atoms with Gasteiger partial charge in [-0.2, -0.15) is 15.0 Å². The molecule has 1 amide bonds. The van der Waals surface area contributed by atoms with Crippen molar-refractivity contribution in [1.29, 1.82) is 0 Å². The number of carbonyl (C=O) groups is 1. The van der Waals surface area contributed by atoms with Crippen molar-refractivity contribution in [1.82, 2.24) is 34.3 Å². The average Bonchev–Trinajstić information content (AvgIpc) is 3.46. The molecule has 0 N–H and O–H groups in total. The number of para-hydroxylation sites is 1. The number of likely N-dealkylation sites (tertiary alicyclic amines) is 1. The lowest BCUT2D eigenvalue weighted by Gasteiger charge is -2.33. The van der Waals surface area contributed by atoms with Crippen molar-refractivity contribution in [3.05, 3.63) is 67.0 Å². The highest BCUT2D eigenvalue weighted by molar-refractivity contribution is 5.97. The lowest BCUT2D eigenvalue weighted by molar-refractivity contribution is 0.0530. The molecule has 9 heteroatoms. The van der Waals surface area contributed by atoms with Crippen LogP contribution in [0.25, 0.3) is 11.3 Å². The molecule has 0 radical (unpaired) electrons. The Hall–Kier alpha value is -3.75. The fraction of sp³-hybridized carbons (Fsp3) is 0.250. The number of rotatable bonds is 4. The number of imidazole rings is 1. The first-order chi connectivity index (χ1) is 14.3. The SMILES string of the molecule is O=C(c1ccccc1-n1nccn1)N1CCCC(Oc2nccn3ccnc23)C1. The van der Waals surface area contributed by atoms with E-state index in [1.165, 1.54) is 4.80 Å². The number of carbonyl (C=O) groups excluding carboxylic acids is 1. The monoisotopic (exact) mass is 389 g/mol. The minimum Gasteiger partial charge on any atom is -0.470 e. The second-order valence-corrected chi connectivity index (χ2v) is 6.86. The van der Waals surface area contributed by atoms with E-state index >= 15 is 0 Å². The number of hydrogen-bond acceptors (Lipinski definition) is 6. The Labute approximate surface area is 166 Å². The molecule has 1 fully saturated rings. The summed E-state index contributed by atoms with van der Waals surface area (Å²) in [6.07, 6.45) is 11.8. The van der Waals surface area contributed by atoms with Crippen LogP contribution in [0.1, 0.15) is 23.2 Å². The van der Waals surface area contributed by atoms with Gasteiger partial charge in [-0.3, -0.25) is 4.79 Å². The van der Waals surface area contributed by atoms with Crippen LogP contribution in [0.4, 0.5) is 0 Å². The summed E-state index contributed by atoms with van der Waals surface area (Å²) in [6.45, 7) is 1.17. The van der Waals surface area contributed by atoms with E-state index < -0.39 is 0 Å². The van der Waals surface area contributed by atoms with Crippen molar-refractivity contribution in [2.75, 3.05) is 13.1 Å². The molecule has 29 heavy (non-hydrogen) atoms. The molecule has 1 aromatic carbocycles. The van der Waals surface area contributed by atoms with Crippen LogP contribution in [0.3, 0.4) is 0 Å². The third-order valence-electron chi connectivity index (χ3n) is 4.99. The van der Waals surface area contributed by atoms with Crippen LogP contribution in [-0.4, -0.2) is 59.4 Å². The Bertz CT molecular complexity index is 1140. The standard InChI is InChI=1S/C20H19N7O2/c28-20(16-5-1-2-6-17(16)27-23-7-8-24-27)26-11-3-4-15(14-26)29-19-18-21-9-12-25(18)13-10-22-19/h1-2,5-10,12-13,15H,3-4,11,14H2. The van der Waals surface area contributed by atoms with Crippen molar-refractivity contribution in [2.45, 2.75) is 18.9 Å². The first kappa shape index (κ1) is 17.4. The number of aromatic nitrogens is 6. The van der Waals surface area contributed by atoms with Gasteiger partial charge in [0.15, 0.2) is 5.65 Å². The number of amides is 1. The number of nitrogens with zero attached hydrogens (tertiary/aromatic N) is 7. The molecule has 3 aromatic heterocycles. The van der Waals surface area contributed by atoms with Gasteiger partial charge in [0.25, 0.3) is 11.8 Å². The lowest BCUT2D eigenvalue weighted by atomic mass is 10.1. The van der Waals surface area contributed by atoms with Crippen LogP contribution in [0.15, 0.2) is 61.4 Å². The van der Waals surface area contributed by atoms with Crippen LogP contribution < -0.4 is 4.74 Å². The van der Waals surface area contributed by atoms with Crippen LogP contribution in [0, 0.1) is 0 Å². The molecular formula is C20H19N7O2. The molecule has 146 valence electrons. The maximum atomic E-state index is 13.3. The van der Waals surface area contributed by atoms with E-state index in [0.717, 1.165) is 12.8 Å². The molecule has 1 saturated heterocycles. The summed E-state index contributed by atoms with van der Waals surface area (Å²) in [6, 6.07) is 7.36. The highest BCUT2D eigenvalue weighted by Gasteiger charge is 2.28. The van der Waals surface area contributed by atoms with Crippen molar-refractivity contribution in [3.63, 3.8) is 0 Å². The fourth-order valence-electron chi connectivity index (χ4n) is 3.63. The molecule has 0 aliphatic carbocycles. The van der Waals surface area contributed by atoms with E-state index in [2.05, 4.69) is 20.2 Å². The van der Waals surface area contributed by atoms with E-state index in [-0.39, 0.29) is 12.0 Å². The van der Waals surface area contributed by atoms with Crippen molar-refractivity contribution >= 4 is 11.6 Å². The number of piperidine rings is 1. The van der Waals surface area contributed by atoms with Gasteiger partial charge in [-0.25, -0.2) is 9.97 Å². The quantitative estimate of drug-likeness (QED) is 0.530. The first-order valence-electron chi connectivity index (χ1n) is 9.49. The summed E-state index contributed by atoms with van der Waals surface area (Å²) in [5.74, 6) is 0.427. The predicted octanol–water partition coefficient (Wildman–Crippen LogP) is 1.99. The summed E-state index contributed by atoms with van der Waals surface area (Å²) >= 11 is 0. The molecule has 4 heterocycles. The van der Waals surface area contributed by atoms with Gasteiger partial charge in [-0.15, -0.1) is 0 Å². The number of ether oxygens (including phenoxy) is 1. The van der Waals surface area contributed by atoms with Crippen LogP contribution in [0.2, 0.25) is 0 Å². The van der Waals surface area contributed by atoms with E-state index in [9.17, 15) is 4.79 Å². The number of benzene rings is 1. The summed E-state index contributed by atoms with van der Waals surface area (Å²) in [4.78, 5) is 25.2. The summed E-state index contributed by atoms with van der Waals surface area (Å²) in [5, 5.41) is 8.32. The first-order valence-corrected chi connectivity index (χ1v) is 9.49. The Kier molecular flexibility index (Phi) is 4.39.